The summed E-state index contributed by atoms with van der Waals surface area (Å²) in [5.74, 6) is 0. The molecule has 1 atom stereocenters. The van der Waals surface area contributed by atoms with Crippen LogP contribution in [0.1, 0.15) is 47.0 Å². The van der Waals surface area contributed by atoms with E-state index in [-0.39, 0.29) is 0 Å². The summed E-state index contributed by atoms with van der Waals surface area (Å²) in [6.45, 7) is 13.7. The van der Waals surface area contributed by atoms with Gasteiger partial charge in [0.05, 0.1) is 0 Å². The molecule has 86 valence electrons. The molecule has 0 heterocycles. The molecule has 0 aliphatic heterocycles. The standard InChI is InChI=1S/C12H28N2/c1-5-9-12(6-2)13-10-11-14(7-3)8-4/h12-13H,5-11H2,1-4H3. The Labute approximate surface area is 90.1 Å². The third-order valence-corrected chi connectivity index (χ3v) is 2.89. The van der Waals surface area contributed by atoms with Gasteiger partial charge in [-0.05, 0) is 25.9 Å². The number of nitrogens with one attached hydrogen (secondary N) is 1. The van der Waals surface area contributed by atoms with Crippen molar-refractivity contribution in [3.8, 4) is 0 Å². The van der Waals surface area contributed by atoms with Crippen molar-refractivity contribution in [2.75, 3.05) is 26.2 Å². The fourth-order valence-corrected chi connectivity index (χ4v) is 1.77. The fraction of sp³-hybridized carbons (Fsp3) is 1.00. The molecule has 0 aromatic carbocycles. The van der Waals surface area contributed by atoms with Crippen LogP contribution in [0.3, 0.4) is 0 Å². The van der Waals surface area contributed by atoms with Gasteiger partial charge in [-0.25, -0.2) is 0 Å². The average molecular weight is 200 g/mol. The fourth-order valence-electron chi connectivity index (χ4n) is 1.77. The van der Waals surface area contributed by atoms with Gasteiger partial charge >= 0.3 is 0 Å². The van der Waals surface area contributed by atoms with Crippen LogP contribution in [0.4, 0.5) is 0 Å². The second-order valence-electron chi connectivity index (χ2n) is 3.87. The van der Waals surface area contributed by atoms with Crippen molar-refractivity contribution in [1.82, 2.24) is 10.2 Å². The minimum absolute atomic E-state index is 0.732. The summed E-state index contributed by atoms with van der Waals surface area (Å²) in [5.41, 5.74) is 0. The second kappa shape index (κ2) is 9.47. The third-order valence-electron chi connectivity index (χ3n) is 2.89. The van der Waals surface area contributed by atoms with Crippen LogP contribution in [0.25, 0.3) is 0 Å². The van der Waals surface area contributed by atoms with Gasteiger partial charge in [0.25, 0.3) is 0 Å². The maximum atomic E-state index is 3.63. The van der Waals surface area contributed by atoms with Gasteiger partial charge in [0.1, 0.15) is 0 Å². The Balaban J connectivity index is 3.48. The molecule has 1 unspecified atom stereocenters. The van der Waals surface area contributed by atoms with E-state index in [1.807, 2.05) is 0 Å². The van der Waals surface area contributed by atoms with Gasteiger partial charge in [-0.3, -0.25) is 0 Å². The van der Waals surface area contributed by atoms with E-state index >= 15 is 0 Å². The molecule has 0 radical (unpaired) electrons. The van der Waals surface area contributed by atoms with Crippen molar-refractivity contribution < 1.29 is 0 Å². The molecule has 0 spiro atoms. The van der Waals surface area contributed by atoms with Crippen LogP contribution in [0.15, 0.2) is 0 Å². The SMILES string of the molecule is CCCC(CC)NCCN(CC)CC. The van der Waals surface area contributed by atoms with Crippen LogP contribution < -0.4 is 5.32 Å². The summed E-state index contributed by atoms with van der Waals surface area (Å²) < 4.78 is 0. The van der Waals surface area contributed by atoms with Crippen LogP contribution in [0, 0.1) is 0 Å². The molecule has 14 heavy (non-hydrogen) atoms. The summed E-state index contributed by atoms with van der Waals surface area (Å²) in [6, 6.07) is 0.732. The Morgan fingerprint density at radius 1 is 1.07 bits per heavy atom. The number of nitrogens with zero attached hydrogens (tertiary/aromatic N) is 1. The minimum Gasteiger partial charge on any atom is -0.313 e. The lowest BCUT2D eigenvalue weighted by Crippen LogP contribution is -2.36. The Morgan fingerprint density at radius 3 is 2.14 bits per heavy atom. The van der Waals surface area contributed by atoms with Crippen molar-refractivity contribution in [1.29, 1.82) is 0 Å². The molecule has 0 saturated heterocycles. The van der Waals surface area contributed by atoms with Crippen LogP contribution in [0.5, 0.6) is 0 Å². The van der Waals surface area contributed by atoms with Gasteiger partial charge in [-0.2, -0.15) is 0 Å². The van der Waals surface area contributed by atoms with E-state index in [2.05, 4.69) is 37.9 Å². The van der Waals surface area contributed by atoms with E-state index in [0.717, 1.165) is 12.6 Å². The van der Waals surface area contributed by atoms with Gasteiger partial charge in [-0.1, -0.05) is 34.1 Å². The zero-order valence-corrected chi connectivity index (χ0v) is 10.5. The zero-order valence-electron chi connectivity index (χ0n) is 10.5. The molecule has 0 bridgehead atoms. The highest BCUT2D eigenvalue weighted by atomic mass is 15.1. The summed E-state index contributed by atoms with van der Waals surface area (Å²) in [6.07, 6.45) is 3.86. The zero-order chi connectivity index (χ0) is 10.8. The first-order valence-electron chi connectivity index (χ1n) is 6.24. The normalized spacial score (nSPS) is 13.5. The van der Waals surface area contributed by atoms with Gasteiger partial charge < -0.3 is 10.2 Å². The smallest absolute Gasteiger partial charge is 0.0107 e. The lowest BCUT2D eigenvalue weighted by Gasteiger charge is -2.21. The molecule has 0 fully saturated rings. The van der Waals surface area contributed by atoms with Crippen LogP contribution in [0.2, 0.25) is 0 Å². The third kappa shape index (κ3) is 6.39. The van der Waals surface area contributed by atoms with E-state index in [1.165, 1.54) is 38.9 Å². The van der Waals surface area contributed by atoms with Gasteiger partial charge in [0.2, 0.25) is 0 Å². The van der Waals surface area contributed by atoms with Crippen LogP contribution in [-0.4, -0.2) is 37.1 Å². The first kappa shape index (κ1) is 13.9. The summed E-state index contributed by atoms with van der Waals surface area (Å²) in [5, 5.41) is 3.63. The van der Waals surface area contributed by atoms with E-state index in [9.17, 15) is 0 Å². The maximum absolute atomic E-state index is 3.63. The van der Waals surface area contributed by atoms with Crippen molar-refractivity contribution in [3.63, 3.8) is 0 Å². The highest BCUT2D eigenvalue weighted by Crippen LogP contribution is 2.00. The minimum atomic E-state index is 0.732. The summed E-state index contributed by atoms with van der Waals surface area (Å²) in [7, 11) is 0. The number of rotatable bonds is 9. The first-order chi connectivity index (χ1) is 6.78. The molecular weight excluding hydrogens is 172 g/mol. The van der Waals surface area contributed by atoms with Gasteiger partial charge in [0.15, 0.2) is 0 Å². The Bertz CT molecular complexity index is 111. The lowest BCUT2D eigenvalue weighted by atomic mass is 10.1. The second-order valence-corrected chi connectivity index (χ2v) is 3.87. The van der Waals surface area contributed by atoms with Crippen LogP contribution >= 0.6 is 0 Å². The lowest BCUT2D eigenvalue weighted by molar-refractivity contribution is 0.293. The first-order valence-corrected chi connectivity index (χ1v) is 6.24. The maximum Gasteiger partial charge on any atom is 0.0107 e. The van der Waals surface area contributed by atoms with Gasteiger partial charge in [0, 0.05) is 19.1 Å². The highest BCUT2D eigenvalue weighted by molar-refractivity contribution is 4.65. The molecule has 0 aromatic rings. The van der Waals surface area contributed by atoms with Gasteiger partial charge in [-0.15, -0.1) is 0 Å². The van der Waals surface area contributed by atoms with Crippen molar-refractivity contribution in [2.45, 2.75) is 53.0 Å². The van der Waals surface area contributed by atoms with E-state index in [1.54, 1.807) is 0 Å². The predicted molar refractivity (Wildman–Crippen MR) is 64.8 cm³/mol. The monoisotopic (exact) mass is 200 g/mol. The topological polar surface area (TPSA) is 15.3 Å². The Kier molecular flexibility index (Phi) is 9.42. The average Bonchev–Trinajstić information content (AvgIpc) is 2.23. The molecule has 0 aliphatic carbocycles. The molecule has 0 aromatic heterocycles. The highest BCUT2D eigenvalue weighted by Gasteiger charge is 2.04. The molecule has 0 rings (SSSR count). The molecule has 0 aliphatic rings. The predicted octanol–water partition coefficient (Wildman–Crippen LogP) is 2.50. The number of hydrogen-bond acceptors (Lipinski definition) is 2. The number of hydrogen-bond donors (Lipinski definition) is 1. The molecule has 2 nitrogen and oxygen atoms in total. The number of likely N-dealkylation sites (N-methyl/N-ethyl adjacent to an activating group) is 1. The molecule has 2 heteroatoms. The van der Waals surface area contributed by atoms with E-state index in [4.69, 9.17) is 0 Å². The Morgan fingerprint density at radius 2 is 1.71 bits per heavy atom. The van der Waals surface area contributed by atoms with E-state index < -0.39 is 0 Å². The molecule has 0 saturated carbocycles. The Hall–Kier alpha value is -0.0800. The molecular formula is C12H28N2. The molecule has 0 amide bonds. The molecule has 1 N–H and O–H groups in total. The largest absolute Gasteiger partial charge is 0.313 e. The van der Waals surface area contributed by atoms with E-state index in [0.29, 0.717) is 0 Å². The van der Waals surface area contributed by atoms with Crippen molar-refractivity contribution in [2.24, 2.45) is 0 Å². The van der Waals surface area contributed by atoms with Crippen LogP contribution in [-0.2, 0) is 0 Å². The summed E-state index contributed by atoms with van der Waals surface area (Å²) >= 11 is 0. The van der Waals surface area contributed by atoms with Crippen molar-refractivity contribution in [3.05, 3.63) is 0 Å². The van der Waals surface area contributed by atoms with Crippen molar-refractivity contribution >= 4 is 0 Å². The quantitative estimate of drug-likeness (QED) is 0.615. The summed E-state index contributed by atoms with van der Waals surface area (Å²) in [4.78, 5) is 2.46.